The van der Waals surface area contributed by atoms with Gasteiger partial charge in [-0.3, -0.25) is 20.4 Å². The Bertz CT molecular complexity index is 946. The SMILES string of the molecule is O=C(NNc1c(Cl)cc(Cl)cc1Cl)[C@H]1CC(=O)N(c2ccc3c(c2)OCO3)C1. The van der Waals surface area contributed by atoms with Gasteiger partial charge in [0.2, 0.25) is 18.6 Å². The van der Waals surface area contributed by atoms with Crippen LogP contribution in [0.3, 0.4) is 0 Å². The smallest absolute Gasteiger partial charge is 0.243 e. The minimum Gasteiger partial charge on any atom is -0.454 e. The van der Waals surface area contributed by atoms with Gasteiger partial charge in [0, 0.05) is 29.7 Å². The molecule has 28 heavy (non-hydrogen) atoms. The topological polar surface area (TPSA) is 79.9 Å². The second-order valence-corrected chi connectivity index (χ2v) is 7.55. The molecule has 2 aromatic carbocycles. The predicted molar refractivity (Wildman–Crippen MR) is 106 cm³/mol. The van der Waals surface area contributed by atoms with Crippen molar-refractivity contribution in [3.63, 3.8) is 0 Å². The monoisotopic (exact) mass is 441 g/mol. The Hall–Kier alpha value is -2.35. The highest BCUT2D eigenvalue weighted by Gasteiger charge is 2.35. The van der Waals surface area contributed by atoms with Crippen LogP contribution in [-0.2, 0) is 9.59 Å². The van der Waals surface area contributed by atoms with Crippen molar-refractivity contribution < 1.29 is 19.1 Å². The van der Waals surface area contributed by atoms with E-state index in [1.165, 1.54) is 12.1 Å². The maximum Gasteiger partial charge on any atom is 0.243 e. The number of rotatable bonds is 4. The first-order valence-electron chi connectivity index (χ1n) is 8.33. The fourth-order valence-corrected chi connectivity index (χ4v) is 3.99. The molecule has 2 aliphatic rings. The molecule has 2 aromatic rings. The van der Waals surface area contributed by atoms with Crippen LogP contribution in [0.25, 0.3) is 0 Å². The second kappa shape index (κ2) is 7.58. The van der Waals surface area contributed by atoms with Crippen LogP contribution in [0, 0.1) is 5.92 Å². The average Bonchev–Trinajstić information content (AvgIpc) is 3.26. The lowest BCUT2D eigenvalue weighted by molar-refractivity contribution is -0.125. The summed E-state index contributed by atoms with van der Waals surface area (Å²) in [6.07, 6.45) is 0.0873. The highest BCUT2D eigenvalue weighted by Crippen LogP contribution is 2.37. The van der Waals surface area contributed by atoms with Crippen LogP contribution in [0.15, 0.2) is 30.3 Å². The molecule has 4 rings (SSSR count). The highest BCUT2D eigenvalue weighted by atomic mass is 35.5. The maximum absolute atomic E-state index is 12.5. The third-order valence-corrected chi connectivity index (χ3v) is 5.30. The molecule has 1 fully saturated rings. The quantitative estimate of drug-likeness (QED) is 0.703. The number of anilines is 2. The zero-order valence-electron chi connectivity index (χ0n) is 14.3. The molecule has 10 heteroatoms. The minimum absolute atomic E-state index is 0.0873. The first-order valence-corrected chi connectivity index (χ1v) is 9.46. The molecular weight excluding hydrogens is 429 g/mol. The predicted octanol–water partition coefficient (Wildman–Crippen LogP) is 3.87. The molecular formula is C18H14Cl3N3O4. The van der Waals surface area contributed by atoms with E-state index in [1.54, 1.807) is 23.1 Å². The molecule has 2 aliphatic heterocycles. The first-order chi connectivity index (χ1) is 13.4. The van der Waals surface area contributed by atoms with E-state index in [0.29, 0.717) is 27.9 Å². The first kappa shape index (κ1) is 19.0. The zero-order valence-corrected chi connectivity index (χ0v) is 16.6. The molecule has 0 spiro atoms. The van der Waals surface area contributed by atoms with Crippen molar-refractivity contribution in [3.05, 3.63) is 45.4 Å². The molecule has 0 saturated carbocycles. The summed E-state index contributed by atoms with van der Waals surface area (Å²) in [5, 5.41) is 0.914. The summed E-state index contributed by atoms with van der Waals surface area (Å²) in [6.45, 7) is 0.396. The number of fused-ring (bicyclic) bond motifs is 1. The Kier molecular flexibility index (Phi) is 5.14. The Morgan fingerprint density at radius 2 is 1.79 bits per heavy atom. The summed E-state index contributed by atoms with van der Waals surface area (Å²) in [7, 11) is 0. The number of nitrogens with zero attached hydrogens (tertiary/aromatic N) is 1. The van der Waals surface area contributed by atoms with Crippen molar-refractivity contribution in [1.82, 2.24) is 5.43 Å². The average molecular weight is 443 g/mol. The summed E-state index contributed by atoms with van der Waals surface area (Å²) < 4.78 is 10.6. The van der Waals surface area contributed by atoms with Crippen molar-refractivity contribution in [2.24, 2.45) is 5.92 Å². The van der Waals surface area contributed by atoms with E-state index in [2.05, 4.69) is 10.9 Å². The van der Waals surface area contributed by atoms with Crippen LogP contribution < -0.4 is 25.2 Å². The van der Waals surface area contributed by atoms with Gasteiger partial charge in [-0.15, -0.1) is 0 Å². The van der Waals surface area contributed by atoms with Crippen LogP contribution in [0.5, 0.6) is 11.5 Å². The van der Waals surface area contributed by atoms with Crippen molar-refractivity contribution in [2.45, 2.75) is 6.42 Å². The van der Waals surface area contributed by atoms with E-state index in [1.807, 2.05) is 0 Å². The number of amides is 2. The lowest BCUT2D eigenvalue weighted by Gasteiger charge is -2.18. The summed E-state index contributed by atoms with van der Waals surface area (Å²) in [6, 6.07) is 8.24. The molecule has 2 N–H and O–H groups in total. The molecule has 2 heterocycles. The van der Waals surface area contributed by atoms with E-state index >= 15 is 0 Å². The summed E-state index contributed by atoms with van der Waals surface area (Å²) in [4.78, 5) is 26.5. The van der Waals surface area contributed by atoms with Crippen molar-refractivity contribution in [3.8, 4) is 11.5 Å². The van der Waals surface area contributed by atoms with Crippen molar-refractivity contribution in [2.75, 3.05) is 23.7 Å². The van der Waals surface area contributed by atoms with Gasteiger partial charge in [-0.1, -0.05) is 34.8 Å². The van der Waals surface area contributed by atoms with Crippen LogP contribution in [0.2, 0.25) is 15.1 Å². The number of hydrogen-bond donors (Lipinski definition) is 2. The van der Waals surface area contributed by atoms with Crippen LogP contribution in [0.1, 0.15) is 6.42 Å². The van der Waals surface area contributed by atoms with E-state index in [-0.39, 0.29) is 41.6 Å². The van der Waals surface area contributed by atoms with Crippen LogP contribution in [-0.4, -0.2) is 25.2 Å². The third-order valence-electron chi connectivity index (χ3n) is 4.48. The number of halogens is 3. The van der Waals surface area contributed by atoms with E-state index in [9.17, 15) is 9.59 Å². The summed E-state index contributed by atoms with van der Waals surface area (Å²) >= 11 is 18.0. The van der Waals surface area contributed by atoms with Crippen LogP contribution >= 0.6 is 34.8 Å². The Balaban J connectivity index is 1.42. The van der Waals surface area contributed by atoms with Crippen molar-refractivity contribution in [1.29, 1.82) is 0 Å². The largest absolute Gasteiger partial charge is 0.454 e. The van der Waals surface area contributed by atoms with Gasteiger partial charge < -0.3 is 14.4 Å². The summed E-state index contributed by atoms with van der Waals surface area (Å²) in [5.74, 6) is 0.174. The van der Waals surface area contributed by atoms with Crippen LogP contribution in [0.4, 0.5) is 11.4 Å². The van der Waals surface area contributed by atoms with Gasteiger partial charge in [-0.2, -0.15) is 0 Å². The molecule has 2 amide bonds. The van der Waals surface area contributed by atoms with E-state index in [4.69, 9.17) is 44.3 Å². The molecule has 0 unspecified atom stereocenters. The number of benzene rings is 2. The highest BCUT2D eigenvalue weighted by molar-refractivity contribution is 6.41. The standard InChI is InChI=1S/C18H14Cl3N3O4/c19-10-4-12(20)17(13(21)5-10)22-23-18(26)9-3-16(25)24(7-9)11-1-2-14-15(6-11)28-8-27-14/h1-2,4-6,9,22H,3,7-8H2,(H,23,26)/t9-/m0/s1. The van der Waals surface area contributed by atoms with E-state index < -0.39 is 5.92 Å². The van der Waals surface area contributed by atoms with Gasteiger partial charge in [-0.05, 0) is 24.3 Å². The lowest BCUT2D eigenvalue weighted by Crippen LogP contribution is -2.36. The molecule has 7 nitrogen and oxygen atoms in total. The van der Waals surface area contributed by atoms with Crippen molar-refractivity contribution >= 4 is 58.0 Å². The fraction of sp³-hybridized carbons (Fsp3) is 0.222. The zero-order chi connectivity index (χ0) is 19.8. The Morgan fingerprint density at radius 3 is 2.54 bits per heavy atom. The van der Waals surface area contributed by atoms with Gasteiger partial charge >= 0.3 is 0 Å². The molecule has 1 atom stereocenters. The molecule has 0 aliphatic carbocycles. The third kappa shape index (κ3) is 3.65. The number of hydrazine groups is 1. The number of hydrogen-bond acceptors (Lipinski definition) is 5. The second-order valence-electron chi connectivity index (χ2n) is 6.30. The number of carbonyl (C=O) groups is 2. The van der Waals surface area contributed by atoms with Gasteiger partial charge in [0.1, 0.15) is 0 Å². The Labute approximate surface area is 175 Å². The number of ether oxygens (including phenoxy) is 2. The lowest BCUT2D eigenvalue weighted by atomic mass is 10.1. The van der Waals surface area contributed by atoms with Gasteiger partial charge in [0.15, 0.2) is 11.5 Å². The molecule has 0 aromatic heterocycles. The van der Waals surface area contributed by atoms with Gasteiger partial charge in [0.05, 0.1) is 21.7 Å². The molecule has 0 radical (unpaired) electrons. The van der Waals surface area contributed by atoms with E-state index in [0.717, 1.165) is 0 Å². The molecule has 1 saturated heterocycles. The Morgan fingerprint density at radius 1 is 1.07 bits per heavy atom. The number of carbonyl (C=O) groups excluding carboxylic acids is 2. The number of nitrogens with one attached hydrogen (secondary N) is 2. The van der Waals surface area contributed by atoms with Gasteiger partial charge in [-0.25, -0.2) is 0 Å². The summed E-state index contributed by atoms with van der Waals surface area (Å²) in [5.41, 5.74) is 6.24. The minimum atomic E-state index is -0.532. The molecule has 146 valence electrons. The maximum atomic E-state index is 12.5. The normalized spacial score (nSPS) is 17.8. The molecule has 0 bridgehead atoms. The fourth-order valence-electron chi connectivity index (χ4n) is 3.07. The van der Waals surface area contributed by atoms with Gasteiger partial charge in [0.25, 0.3) is 0 Å².